The summed E-state index contributed by atoms with van der Waals surface area (Å²) in [5, 5.41) is 17.5. The fourth-order valence-corrected chi connectivity index (χ4v) is 2.20. The van der Waals surface area contributed by atoms with Crippen LogP contribution in [0.2, 0.25) is 0 Å². The van der Waals surface area contributed by atoms with Gasteiger partial charge in [-0.05, 0) is 12.7 Å². The zero-order valence-corrected chi connectivity index (χ0v) is 11.0. The molecule has 9 nitrogen and oxygen atoms in total. The number of phosphoric acid groups is 1. The highest BCUT2D eigenvalue weighted by Crippen LogP contribution is 2.40. The summed E-state index contributed by atoms with van der Waals surface area (Å²) in [7, 11) is -4.80. The maximum atomic E-state index is 10.9. The van der Waals surface area contributed by atoms with Crippen LogP contribution in [0.5, 0.6) is 0 Å². The topological polar surface area (TPSA) is 151 Å². The van der Waals surface area contributed by atoms with Gasteiger partial charge < -0.3 is 24.7 Å². The maximum Gasteiger partial charge on any atom is 0.470 e. The van der Waals surface area contributed by atoms with E-state index in [4.69, 9.17) is 24.7 Å². The second-order valence-corrected chi connectivity index (χ2v) is 5.23. The molecular weight excluding hydrogens is 295 g/mol. The van der Waals surface area contributed by atoms with Gasteiger partial charge in [-0.1, -0.05) is 0 Å². The highest BCUT2D eigenvalue weighted by atomic mass is 31.2. The van der Waals surface area contributed by atoms with E-state index in [0.717, 1.165) is 6.08 Å². The van der Waals surface area contributed by atoms with Crippen LogP contribution in [0.15, 0.2) is 24.0 Å². The Kier molecular flexibility index (Phi) is 5.07. The average Bonchev–Trinajstić information content (AvgIpc) is 2.25. The van der Waals surface area contributed by atoms with Crippen molar-refractivity contribution in [1.29, 1.82) is 0 Å². The highest BCUT2D eigenvalue weighted by Gasteiger charge is 2.32. The van der Waals surface area contributed by atoms with E-state index >= 15 is 0 Å². The minimum absolute atomic E-state index is 0.103. The maximum absolute atomic E-state index is 10.9. The number of hydrogen-bond acceptors (Lipinski definition) is 5. The molecule has 0 amide bonds. The minimum atomic E-state index is -4.80. The number of phosphoric ester groups is 1. The second kappa shape index (κ2) is 6.19. The first-order chi connectivity index (χ1) is 9.08. The quantitative estimate of drug-likeness (QED) is 0.307. The molecule has 112 valence electrons. The first-order valence-electron chi connectivity index (χ1n) is 5.35. The molecule has 0 fully saturated rings. The van der Waals surface area contributed by atoms with Crippen molar-refractivity contribution in [2.75, 3.05) is 0 Å². The van der Waals surface area contributed by atoms with Crippen molar-refractivity contribution in [3.05, 3.63) is 24.0 Å². The van der Waals surface area contributed by atoms with Crippen LogP contribution in [-0.4, -0.2) is 44.1 Å². The Morgan fingerprint density at radius 2 is 1.95 bits per heavy atom. The number of carboxylic acids is 2. The molecule has 1 aliphatic carbocycles. The molecule has 20 heavy (non-hydrogen) atoms. The summed E-state index contributed by atoms with van der Waals surface area (Å²) >= 11 is 0. The summed E-state index contributed by atoms with van der Waals surface area (Å²) in [6.45, 7) is 3.13. The van der Waals surface area contributed by atoms with E-state index in [2.05, 4.69) is 11.1 Å². The van der Waals surface area contributed by atoms with Crippen molar-refractivity contribution in [1.82, 2.24) is 0 Å². The van der Waals surface area contributed by atoms with Crippen LogP contribution in [0.3, 0.4) is 0 Å². The van der Waals surface area contributed by atoms with E-state index in [9.17, 15) is 14.2 Å². The molecule has 1 aliphatic rings. The fourth-order valence-electron chi connectivity index (χ4n) is 1.70. The van der Waals surface area contributed by atoms with Gasteiger partial charge in [-0.2, -0.15) is 0 Å². The standard InChI is InChI=1S/C10H13O9P/c1-5(9(11)12)18-7-2-6(10(13)14)3-8(4-7)19-20(15,16)17/h3,7-8H,1-2,4H2,(H,11,12)(H,13,14)(H2,15,16,17)/t7-,8-/m1/s1. The van der Waals surface area contributed by atoms with Crippen LogP contribution in [-0.2, 0) is 23.4 Å². The number of hydrogen-bond donors (Lipinski definition) is 4. The Morgan fingerprint density at radius 3 is 2.40 bits per heavy atom. The number of aliphatic carboxylic acids is 2. The molecule has 2 atom stereocenters. The summed E-state index contributed by atoms with van der Waals surface area (Å²) in [6, 6.07) is 0. The van der Waals surface area contributed by atoms with Crippen LogP contribution < -0.4 is 0 Å². The summed E-state index contributed by atoms with van der Waals surface area (Å²) in [6.07, 6.45) is -1.27. The van der Waals surface area contributed by atoms with E-state index in [1.807, 2.05) is 0 Å². The van der Waals surface area contributed by atoms with Crippen molar-refractivity contribution >= 4 is 19.8 Å². The minimum Gasteiger partial charge on any atom is -0.483 e. The van der Waals surface area contributed by atoms with Crippen molar-refractivity contribution in [3.8, 4) is 0 Å². The fraction of sp³-hybridized carbons (Fsp3) is 0.400. The second-order valence-electron chi connectivity index (χ2n) is 4.04. The lowest BCUT2D eigenvalue weighted by atomic mass is 9.95. The van der Waals surface area contributed by atoms with E-state index in [1.54, 1.807) is 0 Å². The molecule has 10 heteroatoms. The lowest BCUT2D eigenvalue weighted by molar-refractivity contribution is -0.138. The third-order valence-electron chi connectivity index (χ3n) is 2.42. The van der Waals surface area contributed by atoms with Gasteiger partial charge in [0.25, 0.3) is 0 Å². The Bertz CT molecular complexity index is 503. The van der Waals surface area contributed by atoms with Gasteiger partial charge in [0.05, 0.1) is 6.10 Å². The molecule has 0 bridgehead atoms. The van der Waals surface area contributed by atoms with Gasteiger partial charge in [0.2, 0.25) is 0 Å². The summed E-state index contributed by atoms with van der Waals surface area (Å²) in [4.78, 5) is 38.9. The normalized spacial score (nSPS) is 22.8. The van der Waals surface area contributed by atoms with Crippen LogP contribution >= 0.6 is 7.82 Å². The lowest BCUT2D eigenvalue weighted by Crippen LogP contribution is -2.29. The Morgan fingerprint density at radius 1 is 1.35 bits per heavy atom. The predicted octanol–water partition coefficient (Wildman–Crippen LogP) is 0.253. The van der Waals surface area contributed by atoms with E-state index < -0.39 is 37.7 Å². The molecule has 0 spiro atoms. The van der Waals surface area contributed by atoms with Crippen molar-refractivity contribution in [2.24, 2.45) is 0 Å². The van der Waals surface area contributed by atoms with Gasteiger partial charge in [0, 0.05) is 18.4 Å². The summed E-state index contributed by atoms with van der Waals surface area (Å²) in [5.74, 6) is -3.31. The average molecular weight is 308 g/mol. The molecule has 4 N–H and O–H groups in total. The molecular formula is C10H13O9P. The van der Waals surface area contributed by atoms with Gasteiger partial charge in [0.15, 0.2) is 5.76 Å². The molecule has 0 aromatic carbocycles. The number of rotatable bonds is 6. The summed E-state index contributed by atoms with van der Waals surface area (Å²) in [5.41, 5.74) is -0.183. The first kappa shape index (κ1) is 16.4. The van der Waals surface area contributed by atoms with Crippen molar-refractivity contribution < 1.29 is 43.4 Å². The van der Waals surface area contributed by atoms with Crippen LogP contribution in [0.25, 0.3) is 0 Å². The zero-order chi connectivity index (χ0) is 15.5. The highest BCUT2D eigenvalue weighted by molar-refractivity contribution is 7.46. The molecule has 0 aromatic rings. The van der Waals surface area contributed by atoms with Crippen LogP contribution in [0.1, 0.15) is 12.8 Å². The third-order valence-corrected chi connectivity index (χ3v) is 2.97. The predicted molar refractivity (Wildman–Crippen MR) is 63.5 cm³/mol. The molecule has 0 unspecified atom stereocenters. The molecule has 0 aliphatic heterocycles. The first-order valence-corrected chi connectivity index (χ1v) is 6.88. The third kappa shape index (κ3) is 5.14. The molecule has 0 saturated heterocycles. The molecule has 0 aromatic heterocycles. The number of ether oxygens (including phenoxy) is 1. The van der Waals surface area contributed by atoms with Gasteiger partial charge in [-0.3, -0.25) is 4.52 Å². The van der Waals surface area contributed by atoms with Gasteiger partial charge in [0.1, 0.15) is 6.10 Å². The summed E-state index contributed by atoms with van der Waals surface area (Å²) < 4.78 is 20.1. The SMILES string of the molecule is C=C(O[C@@H]1CC(C(=O)O)=C[C@@H](OP(=O)(O)O)C1)C(=O)O. The van der Waals surface area contributed by atoms with Crippen LogP contribution in [0.4, 0.5) is 0 Å². The largest absolute Gasteiger partial charge is 0.483 e. The zero-order valence-electron chi connectivity index (χ0n) is 10.1. The van der Waals surface area contributed by atoms with Gasteiger partial charge >= 0.3 is 19.8 Å². The Hall–Kier alpha value is -1.67. The van der Waals surface area contributed by atoms with E-state index in [1.165, 1.54) is 0 Å². The van der Waals surface area contributed by atoms with E-state index in [0.29, 0.717) is 0 Å². The van der Waals surface area contributed by atoms with Gasteiger partial charge in [-0.25, -0.2) is 14.2 Å². The molecule has 0 saturated carbocycles. The van der Waals surface area contributed by atoms with E-state index in [-0.39, 0.29) is 18.4 Å². The van der Waals surface area contributed by atoms with Gasteiger partial charge in [-0.15, -0.1) is 0 Å². The number of carboxylic acid groups (broad SMARTS) is 2. The Balaban J connectivity index is 2.85. The molecule has 0 heterocycles. The molecule has 0 radical (unpaired) electrons. The molecule has 1 rings (SSSR count). The monoisotopic (exact) mass is 308 g/mol. The Labute approximate surface area is 113 Å². The van der Waals surface area contributed by atoms with Crippen molar-refractivity contribution in [2.45, 2.75) is 25.0 Å². The van der Waals surface area contributed by atoms with Crippen LogP contribution in [0, 0.1) is 0 Å². The smallest absolute Gasteiger partial charge is 0.470 e. The van der Waals surface area contributed by atoms with Crippen molar-refractivity contribution in [3.63, 3.8) is 0 Å². The number of carbonyl (C=O) groups is 2. The lowest BCUT2D eigenvalue weighted by Gasteiger charge is -2.27.